The smallest absolute Gasteiger partial charge is 0.115 e. The van der Waals surface area contributed by atoms with Gasteiger partial charge in [0.05, 0.1) is 6.04 Å². The molecule has 1 nitrogen and oxygen atoms in total. The summed E-state index contributed by atoms with van der Waals surface area (Å²) in [7, 11) is 74.6. The average molecular weight is 379 g/mol. The summed E-state index contributed by atoms with van der Waals surface area (Å²) in [4.78, 5) is 0. The highest BCUT2D eigenvalue weighted by Gasteiger charge is 2.28. The van der Waals surface area contributed by atoms with Gasteiger partial charge in [-0.1, -0.05) is 35.7 Å². The molecule has 1 aromatic carbocycles. The molecule has 0 fully saturated rings. The highest BCUT2D eigenvalue weighted by Crippen LogP contribution is 2.35. The van der Waals surface area contributed by atoms with E-state index in [2.05, 4.69) is 0 Å². The Morgan fingerprint density at radius 1 is 0.688 bits per heavy atom. The van der Waals surface area contributed by atoms with Gasteiger partial charge in [0.25, 0.3) is 0 Å². The Bertz CT molecular complexity index is 1370. The van der Waals surface area contributed by atoms with Crippen LogP contribution in [0.25, 0.3) is 21.8 Å². The molecule has 2 aromatic rings. The third-order valence-electron chi connectivity index (χ3n) is 5.72. The Morgan fingerprint density at radius 3 is 1.59 bits per heavy atom. The number of nitrogens with zero attached hydrogens (tertiary/aromatic N) is 1. The number of benzene rings is 1. The van der Waals surface area contributed by atoms with Crippen molar-refractivity contribution in [2.24, 2.45) is 0 Å². The summed E-state index contributed by atoms with van der Waals surface area (Å²) in [5.41, 5.74) is 2.22. The largest absolute Gasteiger partial charge is 0.333 e. The number of rotatable bonds is 2. The lowest BCUT2D eigenvalue weighted by molar-refractivity contribution is 0.715. The molecular weight excluding hydrogens is 372 g/mol. The molecule has 0 aliphatic heterocycles. The summed E-state index contributed by atoms with van der Waals surface area (Å²) in [6.07, 6.45) is 0. The zero-order chi connectivity index (χ0) is 24.4. The molecule has 0 spiro atoms. The van der Waals surface area contributed by atoms with E-state index >= 15 is 0 Å². The van der Waals surface area contributed by atoms with Crippen LogP contribution in [0.5, 0.6) is 0 Å². The van der Waals surface area contributed by atoms with Crippen molar-refractivity contribution in [1.82, 2.24) is 4.57 Å². The molecule has 32 heavy (non-hydrogen) atoms. The number of fused-ring (bicyclic) bond motifs is 1. The number of allylic oxidation sites excluding steroid dienone is 6. The molecule has 0 atom stereocenters. The molecule has 1 aromatic heterocycles. The van der Waals surface area contributed by atoms with Gasteiger partial charge >= 0.3 is 0 Å². The molecule has 0 saturated carbocycles. The summed E-state index contributed by atoms with van der Waals surface area (Å²) in [5, 5.41) is 1.09. The topological polar surface area (TPSA) is 4.93 Å². The second-order valence-corrected chi connectivity index (χ2v) is 7.81. The number of hydrogen-bond acceptors (Lipinski definition) is 0. The van der Waals surface area contributed by atoms with Gasteiger partial charge in [-0.2, -0.15) is 0 Å². The monoisotopic (exact) mass is 381 g/mol. The Labute approximate surface area is 205 Å². The molecule has 124 valence electrons. The quantitative estimate of drug-likeness (QED) is 0.460. The van der Waals surface area contributed by atoms with Gasteiger partial charge in [-0.15, -0.1) is 43.8 Å². The first-order chi connectivity index (χ1) is 14.7. The zero-order valence-corrected chi connectivity index (χ0v) is 18.0. The minimum absolute atomic E-state index is 0.0719. The molecule has 0 unspecified atom stereocenters. The van der Waals surface area contributed by atoms with Crippen molar-refractivity contribution in [2.75, 3.05) is 0 Å². The Balaban J connectivity index is 2.85. The number of hydrogen-bond donors (Lipinski definition) is 0. The Kier molecular flexibility index (Phi) is 6.83. The minimum atomic E-state index is -0.846. The van der Waals surface area contributed by atoms with E-state index in [1.807, 2.05) is 0 Å². The van der Waals surface area contributed by atoms with Gasteiger partial charge in [0.1, 0.15) is 94.2 Å². The van der Waals surface area contributed by atoms with Crippen LogP contribution in [-0.4, -0.2) is 98.7 Å². The van der Waals surface area contributed by atoms with Crippen LogP contribution in [0.2, 0.25) is 0 Å². The van der Waals surface area contributed by atoms with Crippen LogP contribution in [-0.2, 0) is 0 Å². The fraction of sp³-hybridized carbons (Fsp3) is 0.158. The second-order valence-electron chi connectivity index (χ2n) is 7.81. The minimum Gasteiger partial charge on any atom is -0.333 e. The van der Waals surface area contributed by atoms with Crippen molar-refractivity contribution in [3.63, 3.8) is 0 Å². The van der Waals surface area contributed by atoms with E-state index in [0.717, 1.165) is 0 Å². The summed E-state index contributed by atoms with van der Waals surface area (Å²) >= 11 is 0. The maximum Gasteiger partial charge on any atom is 0.115 e. The highest BCUT2D eigenvalue weighted by molar-refractivity contribution is 6.67. The van der Waals surface area contributed by atoms with Crippen molar-refractivity contribution in [3.8, 4) is 0 Å². The average Bonchev–Trinajstić information content (AvgIpc) is 3.17. The molecule has 0 N–H and O–H groups in total. The van der Waals surface area contributed by atoms with Crippen molar-refractivity contribution in [3.05, 3.63) is 43.4 Å². The lowest BCUT2D eigenvalue weighted by atomic mass is 9.64. The van der Waals surface area contributed by atoms with Gasteiger partial charge in [-0.3, -0.25) is 0 Å². The summed E-state index contributed by atoms with van der Waals surface area (Å²) in [6.45, 7) is 3.25. The first-order valence-corrected chi connectivity index (χ1v) is 9.50. The van der Waals surface area contributed by atoms with Gasteiger partial charge in [0.15, 0.2) is 0 Å². The lowest BCUT2D eigenvalue weighted by Crippen LogP contribution is -2.49. The van der Waals surface area contributed by atoms with E-state index in [9.17, 15) is 0 Å². The van der Waals surface area contributed by atoms with E-state index in [-0.39, 0.29) is 60.2 Å². The lowest BCUT2D eigenvalue weighted by Gasteiger charge is -2.24. The third-order valence-corrected chi connectivity index (χ3v) is 5.72. The van der Waals surface area contributed by atoms with E-state index in [0.29, 0.717) is 26.9 Å². The van der Waals surface area contributed by atoms with Gasteiger partial charge < -0.3 is 4.57 Å². The van der Waals surface area contributed by atoms with Crippen LogP contribution < -0.4 is 32.4 Å². The van der Waals surface area contributed by atoms with E-state index in [4.69, 9.17) is 94.2 Å². The standard InChI is InChI=1S/C19H7B12N/c1-3(20)7(22)8(23)5-6-9(24)10(25)11(26)14(29)18(6)32(17(5)4(2)21)19-15(30)12(27)13(28)16(19)31/h19H,1-2H3/b7-3-,8-5+,17-4-. The predicted octanol–water partition coefficient (Wildman–Crippen LogP) is -5.39. The summed E-state index contributed by atoms with van der Waals surface area (Å²) < 4.78 is 1.64. The summed E-state index contributed by atoms with van der Waals surface area (Å²) in [6, 6.07) is -0.846. The first kappa shape index (κ1) is 25.1. The Hall–Kier alpha value is -1.50. The van der Waals surface area contributed by atoms with Crippen molar-refractivity contribution < 1.29 is 0 Å². The van der Waals surface area contributed by atoms with Crippen molar-refractivity contribution in [2.45, 2.75) is 19.9 Å². The Morgan fingerprint density at radius 2 is 1.16 bits per heavy atom. The van der Waals surface area contributed by atoms with E-state index in [1.165, 1.54) is 0 Å². The van der Waals surface area contributed by atoms with Crippen LogP contribution in [0.3, 0.4) is 0 Å². The second kappa shape index (κ2) is 8.69. The molecule has 1 heterocycles. The van der Waals surface area contributed by atoms with Crippen molar-refractivity contribution in [1.29, 1.82) is 0 Å². The SMILES string of the molecule is [B]C1=C([B])C(n2c(=C(\[B])C)/c(=C([B])\C([B])=C(\[B])C)c3c([B])c([B])c([B])c([B])c32)C([B])=C1[B]. The van der Waals surface area contributed by atoms with Crippen LogP contribution in [0, 0.1) is 0 Å². The van der Waals surface area contributed by atoms with E-state index < -0.39 is 6.04 Å². The van der Waals surface area contributed by atoms with Gasteiger partial charge in [-0.25, -0.2) is 0 Å². The molecule has 3 rings (SSSR count). The maximum atomic E-state index is 6.45. The van der Waals surface area contributed by atoms with Gasteiger partial charge in [0.2, 0.25) is 0 Å². The first-order valence-electron chi connectivity index (χ1n) is 9.50. The molecule has 1 aliphatic rings. The molecule has 0 bridgehead atoms. The van der Waals surface area contributed by atoms with Crippen LogP contribution >= 0.6 is 0 Å². The molecule has 24 radical (unpaired) electrons. The fourth-order valence-corrected chi connectivity index (χ4v) is 3.97. The molecule has 13 heteroatoms. The molecular formula is C19H7B12N. The molecule has 1 aliphatic carbocycles. The number of aromatic nitrogens is 1. The fourth-order valence-electron chi connectivity index (χ4n) is 3.97. The van der Waals surface area contributed by atoms with E-state index in [1.54, 1.807) is 18.4 Å². The van der Waals surface area contributed by atoms with Crippen LogP contribution in [0.4, 0.5) is 0 Å². The van der Waals surface area contributed by atoms with Gasteiger partial charge in [0, 0.05) is 10.9 Å². The molecule has 0 amide bonds. The maximum absolute atomic E-state index is 6.45. The van der Waals surface area contributed by atoms with Gasteiger partial charge in [-0.05, 0) is 10.6 Å². The van der Waals surface area contributed by atoms with Crippen LogP contribution in [0.1, 0.15) is 19.9 Å². The zero-order valence-electron chi connectivity index (χ0n) is 18.0. The summed E-state index contributed by atoms with van der Waals surface area (Å²) in [5.74, 6) is 0. The normalized spacial score (nSPS) is 17.8. The van der Waals surface area contributed by atoms with Crippen LogP contribution in [0.15, 0.2) is 32.8 Å². The predicted molar refractivity (Wildman–Crippen MR) is 147 cm³/mol. The molecule has 0 saturated heterocycles. The highest BCUT2D eigenvalue weighted by atomic mass is 15.0. The van der Waals surface area contributed by atoms with Crippen molar-refractivity contribution >= 4 is 138 Å². The third kappa shape index (κ3) is 3.50.